The molecule has 3 amide bonds. The van der Waals surface area contributed by atoms with Crippen LogP contribution in [-0.4, -0.2) is 51.1 Å². The third-order valence-corrected chi connectivity index (χ3v) is 6.03. The van der Waals surface area contributed by atoms with Gasteiger partial charge in [-0.15, -0.1) is 0 Å². The van der Waals surface area contributed by atoms with Crippen LogP contribution in [0.3, 0.4) is 0 Å². The molecule has 3 unspecified atom stereocenters. The molecule has 0 aliphatic rings. The van der Waals surface area contributed by atoms with E-state index in [1.54, 1.807) is 32.9 Å². The number of alkyl carbamates (subject to hydrolysis) is 1. The number of hydrogen-bond acceptors (Lipinski definition) is 5. The van der Waals surface area contributed by atoms with Crippen molar-refractivity contribution in [3.05, 3.63) is 65.7 Å². The number of benzene rings is 2. The molecular formula is C31H45N3O5. The van der Waals surface area contributed by atoms with Crippen molar-refractivity contribution >= 4 is 17.9 Å². The maximum Gasteiger partial charge on any atom is 0.408 e. The number of nitrogens with zero attached hydrogens (tertiary/aromatic N) is 1. The molecular weight excluding hydrogens is 494 g/mol. The van der Waals surface area contributed by atoms with Crippen LogP contribution in [0.1, 0.15) is 85.4 Å². The van der Waals surface area contributed by atoms with Crippen LogP contribution in [0.2, 0.25) is 0 Å². The molecule has 0 aliphatic carbocycles. The number of ether oxygens (including phenoxy) is 1. The largest absolute Gasteiger partial charge is 0.508 e. The van der Waals surface area contributed by atoms with Gasteiger partial charge in [0.1, 0.15) is 23.4 Å². The van der Waals surface area contributed by atoms with E-state index in [0.717, 1.165) is 18.4 Å². The van der Waals surface area contributed by atoms with Crippen molar-refractivity contribution in [3.63, 3.8) is 0 Å². The summed E-state index contributed by atoms with van der Waals surface area (Å²) < 4.78 is 5.48. The lowest BCUT2D eigenvalue weighted by molar-refractivity contribution is -0.148. The van der Waals surface area contributed by atoms with E-state index in [1.165, 1.54) is 17.0 Å². The first-order chi connectivity index (χ1) is 18.1. The second kappa shape index (κ2) is 13.5. The smallest absolute Gasteiger partial charge is 0.408 e. The Bertz CT molecular complexity index is 1110. The number of phenolic OH excluding ortho intramolecular Hbond substituents is 1. The van der Waals surface area contributed by atoms with Crippen LogP contribution in [-0.2, 0) is 20.7 Å². The zero-order valence-electron chi connectivity index (χ0n) is 24.6. The molecule has 0 radical (unpaired) electrons. The number of aromatic hydroxyl groups is 1. The quantitative estimate of drug-likeness (QED) is 0.369. The van der Waals surface area contributed by atoms with E-state index < -0.39 is 35.2 Å². The topological polar surface area (TPSA) is 108 Å². The van der Waals surface area contributed by atoms with Crippen LogP contribution < -0.4 is 10.6 Å². The van der Waals surface area contributed by atoms with Gasteiger partial charge < -0.3 is 25.4 Å². The van der Waals surface area contributed by atoms with Gasteiger partial charge in [0.2, 0.25) is 11.8 Å². The lowest BCUT2D eigenvalue weighted by Crippen LogP contribution is -2.59. The predicted molar refractivity (Wildman–Crippen MR) is 153 cm³/mol. The number of phenols is 1. The minimum absolute atomic E-state index is 0.0130. The van der Waals surface area contributed by atoms with Crippen LogP contribution in [0.5, 0.6) is 5.75 Å². The molecule has 0 fully saturated rings. The Balaban J connectivity index is 2.60. The molecule has 214 valence electrons. The zero-order valence-corrected chi connectivity index (χ0v) is 24.6. The average molecular weight is 540 g/mol. The van der Waals surface area contributed by atoms with Crippen LogP contribution in [0.25, 0.3) is 0 Å². The summed E-state index contributed by atoms with van der Waals surface area (Å²) in [4.78, 5) is 42.6. The van der Waals surface area contributed by atoms with Gasteiger partial charge in [-0.05, 0) is 78.1 Å². The minimum Gasteiger partial charge on any atom is -0.508 e. The van der Waals surface area contributed by atoms with E-state index in [2.05, 4.69) is 10.6 Å². The molecule has 0 spiro atoms. The monoisotopic (exact) mass is 539 g/mol. The molecule has 2 rings (SSSR count). The summed E-state index contributed by atoms with van der Waals surface area (Å²) in [5.41, 5.74) is -0.276. The fourth-order valence-electron chi connectivity index (χ4n) is 4.45. The van der Waals surface area contributed by atoms with Gasteiger partial charge in [0.15, 0.2) is 0 Å². The molecule has 3 N–H and O–H groups in total. The maximum atomic E-state index is 14.4. The first-order valence-corrected chi connectivity index (χ1v) is 13.6. The summed E-state index contributed by atoms with van der Waals surface area (Å²) in [6, 6.07) is 13.6. The lowest BCUT2D eigenvalue weighted by atomic mass is 9.93. The van der Waals surface area contributed by atoms with Crippen molar-refractivity contribution in [3.8, 4) is 5.75 Å². The Morgan fingerprint density at radius 1 is 0.949 bits per heavy atom. The fourth-order valence-corrected chi connectivity index (χ4v) is 4.45. The number of carbonyl (C=O) groups is 3. The second-order valence-corrected chi connectivity index (χ2v) is 12.0. The van der Waals surface area contributed by atoms with Gasteiger partial charge in [-0.3, -0.25) is 9.59 Å². The van der Waals surface area contributed by atoms with Gasteiger partial charge in [-0.1, -0.05) is 55.8 Å². The van der Waals surface area contributed by atoms with Crippen molar-refractivity contribution in [1.29, 1.82) is 0 Å². The molecule has 39 heavy (non-hydrogen) atoms. The van der Waals surface area contributed by atoms with Gasteiger partial charge >= 0.3 is 6.09 Å². The molecule has 2 aromatic rings. The van der Waals surface area contributed by atoms with E-state index >= 15 is 0 Å². The summed E-state index contributed by atoms with van der Waals surface area (Å²) in [5, 5.41) is 16.1. The third kappa shape index (κ3) is 9.93. The van der Waals surface area contributed by atoms with E-state index in [9.17, 15) is 19.5 Å². The molecule has 8 nitrogen and oxygen atoms in total. The summed E-state index contributed by atoms with van der Waals surface area (Å²) in [7, 11) is 0. The first-order valence-electron chi connectivity index (χ1n) is 13.6. The molecule has 0 heterocycles. The zero-order chi connectivity index (χ0) is 29.4. The first kappa shape index (κ1) is 31.7. The maximum absolute atomic E-state index is 14.4. The summed E-state index contributed by atoms with van der Waals surface area (Å²) in [6.45, 7) is 14.7. The fraction of sp³-hybridized carbons (Fsp3) is 0.516. The lowest BCUT2D eigenvalue weighted by Gasteiger charge is -2.43. The number of rotatable bonds is 10. The predicted octanol–water partition coefficient (Wildman–Crippen LogP) is 5.50. The number of carbonyl (C=O) groups excluding carboxylic acids is 3. The molecule has 0 aliphatic heterocycles. The van der Waals surface area contributed by atoms with Crippen LogP contribution >= 0.6 is 0 Å². The Hall–Kier alpha value is -3.55. The Kier molecular flexibility index (Phi) is 11.0. The molecule has 3 atom stereocenters. The average Bonchev–Trinajstić information content (AvgIpc) is 2.80. The SMILES string of the molecule is CCCC(C)NC(=O)C(c1cccc(O)c1)N(C(=O)C(Cc1ccccc1)NC(=O)OC(C)(C)C)C(C)(C)C. The van der Waals surface area contributed by atoms with Crippen LogP contribution in [0.15, 0.2) is 54.6 Å². The van der Waals surface area contributed by atoms with Gasteiger partial charge in [0, 0.05) is 18.0 Å². The third-order valence-electron chi connectivity index (χ3n) is 6.03. The Morgan fingerprint density at radius 3 is 2.13 bits per heavy atom. The van der Waals surface area contributed by atoms with Crippen molar-refractivity contribution in [2.45, 2.75) is 104 Å². The highest BCUT2D eigenvalue weighted by Crippen LogP contribution is 2.32. The van der Waals surface area contributed by atoms with Crippen molar-refractivity contribution in [2.24, 2.45) is 0 Å². The van der Waals surface area contributed by atoms with Crippen LogP contribution in [0, 0.1) is 0 Å². The van der Waals surface area contributed by atoms with Gasteiger partial charge in [-0.2, -0.15) is 0 Å². The van der Waals surface area contributed by atoms with E-state index in [0.29, 0.717) is 5.56 Å². The molecule has 8 heteroatoms. The van der Waals surface area contributed by atoms with Gasteiger partial charge in [0.25, 0.3) is 0 Å². The highest BCUT2D eigenvalue weighted by atomic mass is 16.6. The number of nitrogens with one attached hydrogen (secondary N) is 2. The summed E-state index contributed by atoms with van der Waals surface area (Å²) in [5.74, 6) is -0.815. The molecule has 2 aromatic carbocycles. The Labute approximate surface area is 233 Å². The normalized spacial score (nSPS) is 14.1. The van der Waals surface area contributed by atoms with E-state index in [1.807, 2.05) is 65.0 Å². The van der Waals surface area contributed by atoms with Crippen molar-refractivity contribution in [1.82, 2.24) is 15.5 Å². The molecule has 0 bridgehead atoms. The highest BCUT2D eigenvalue weighted by Gasteiger charge is 2.42. The van der Waals surface area contributed by atoms with E-state index in [4.69, 9.17) is 4.74 Å². The van der Waals surface area contributed by atoms with Gasteiger partial charge in [-0.25, -0.2) is 4.79 Å². The second-order valence-electron chi connectivity index (χ2n) is 12.0. The minimum atomic E-state index is -1.05. The molecule has 0 saturated carbocycles. The summed E-state index contributed by atoms with van der Waals surface area (Å²) in [6.07, 6.45) is 1.14. The Morgan fingerprint density at radius 2 is 1.59 bits per heavy atom. The van der Waals surface area contributed by atoms with Crippen LogP contribution in [0.4, 0.5) is 4.79 Å². The van der Waals surface area contributed by atoms with Gasteiger partial charge in [0.05, 0.1) is 0 Å². The molecule has 0 saturated heterocycles. The molecule has 0 aromatic heterocycles. The number of hydrogen-bond donors (Lipinski definition) is 3. The highest BCUT2D eigenvalue weighted by molar-refractivity contribution is 5.93. The standard InChI is InChI=1S/C31H45N3O5/c1-9-14-21(2)32-27(36)26(23-17-13-18-24(35)20-23)34(30(3,4)5)28(37)25(19-22-15-11-10-12-16-22)33-29(38)39-31(6,7)8/h10-13,15-18,20-21,25-26,35H,9,14,19H2,1-8H3,(H,32,36)(H,33,38). The van der Waals surface area contributed by atoms with Crippen molar-refractivity contribution in [2.75, 3.05) is 0 Å². The summed E-state index contributed by atoms with van der Waals surface area (Å²) >= 11 is 0. The number of amides is 3. The van der Waals surface area contributed by atoms with Crippen molar-refractivity contribution < 1.29 is 24.2 Å². The van der Waals surface area contributed by atoms with E-state index in [-0.39, 0.29) is 24.1 Å².